The Kier molecular flexibility index (Phi) is 4.52. The van der Waals surface area contributed by atoms with Gasteiger partial charge in [-0.1, -0.05) is 24.3 Å². The number of carbonyl (C=O) groups is 3. The molecule has 2 heterocycles. The number of hydrogen-bond donors (Lipinski definition) is 2. The number of carbonyl (C=O) groups excluding carboxylic acids is 3. The molecule has 2 N–H and O–H groups in total. The molecule has 8 nitrogen and oxygen atoms in total. The molecule has 4 aromatic rings. The van der Waals surface area contributed by atoms with Gasteiger partial charge in [-0.3, -0.25) is 14.4 Å². The molecule has 0 spiro atoms. The van der Waals surface area contributed by atoms with Gasteiger partial charge in [-0.05, 0) is 35.6 Å². The van der Waals surface area contributed by atoms with Gasteiger partial charge in [-0.15, -0.1) is 0 Å². The predicted molar refractivity (Wildman–Crippen MR) is 115 cm³/mol. The highest BCUT2D eigenvalue weighted by Crippen LogP contribution is 2.37. The second-order valence-corrected chi connectivity index (χ2v) is 7.81. The highest BCUT2D eigenvalue weighted by molar-refractivity contribution is 6.27. The first-order valence-corrected chi connectivity index (χ1v) is 10.1. The lowest BCUT2D eigenvalue weighted by atomic mass is 9.88. The van der Waals surface area contributed by atoms with Gasteiger partial charge in [0.15, 0.2) is 34.6 Å². The van der Waals surface area contributed by atoms with E-state index < -0.39 is 22.9 Å². The molecule has 0 unspecified atom stereocenters. The zero-order valence-electron chi connectivity index (χ0n) is 17.3. The zero-order chi connectivity index (χ0) is 23.4. The SMILES string of the molecule is CC(=O)c1cc2cc(CCc3cc4c(o3)C(=O)c3ccccc3C4=O)c(O)c(O)c2c(=O)o1. The first kappa shape index (κ1) is 20.4. The van der Waals surface area contributed by atoms with E-state index in [9.17, 15) is 29.4 Å². The summed E-state index contributed by atoms with van der Waals surface area (Å²) < 4.78 is 10.6. The number of phenols is 2. The molecule has 8 heteroatoms. The molecule has 0 amide bonds. The number of hydrogen-bond acceptors (Lipinski definition) is 8. The van der Waals surface area contributed by atoms with Crippen LogP contribution in [-0.4, -0.2) is 27.6 Å². The zero-order valence-corrected chi connectivity index (χ0v) is 17.3. The summed E-state index contributed by atoms with van der Waals surface area (Å²) >= 11 is 0. The van der Waals surface area contributed by atoms with Crippen LogP contribution in [0.4, 0.5) is 0 Å². The van der Waals surface area contributed by atoms with Gasteiger partial charge in [0.05, 0.1) is 5.56 Å². The van der Waals surface area contributed by atoms with Crippen LogP contribution in [0.2, 0.25) is 0 Å². The number of furan rings is 1. The third-order valence-corrected chi connectivity index (χ3v) is 5.72. The van der Waals surface area contributed by atoms with Crippen LogP contribution in [0.25, 0.3) is 10.8 Å². The van der Waals surface area contributed by atoms with Gasteiger partial charge in [-0.2, -0.15) is 0 Å². The van der Waals surface area contributed by atoms with Crippen molar-refractivity contribution in [2.45, 2.75) is 19.8 Å². The fourth-order valence-corrected chi connectivity index (χ4v) is 4.06. The summed E-state index contributed by atoms with van der Waals surface area (Å²) in [5.74, 6) is -2.12. The second kappa shape index (κ2) is 7.30. The number of phenolic OH excluding ortho intramolecular Hbond substituents is 2. The fourth-order valence-electron chi connectivity index (χ4n) is 4.06. The van der Waals surface area contributed by atoms with Crippen molar-refractivity contribution in [2.75, 3.05) is 0 Å². The third-order valence-electron chi connectivity index (χ3n) is 5.72. The van der Waals surface area contributed by atoms with Crippen LogP contribution in [0.1, 0.15) is 60.8 Å². The molecular formula is C25H16O8. The molecule has 164 valence electrons. The van der Waals surface area contributed by atoms with E-state index in [2.05, 4.69) is 0 Å². The minimum Gasteiger partial charge on any atom is -0.504 e. The molecule has 0 saturated carbocycles. The molecule has 0 radical (unpaired) electrons. The lowest BCUT2D eigenvalue weighted by Gasteiger charge is -2.11. The molecule has 0 bridgehead atoms. The topological polar surface area (TPSA) is 135 Å². The smallest absolute Gasteiger partial charge is 0.348 e. The van der Waals surface area contributed by atoms with Crippen molar-refractivity contribution in [1.29, 1.82) is 0 Å². The van der Waals surface area contributed by atoms with E-state index in [1.54, 1.807) is 24.3 Å². The fraction of sp³-hybridized carbons (Fsp3) is 0.120. The number of aryl methyl sites for hydroxylation is 2. The van der Waals surface area contributed by atoms with Crippen molar-refractivity contribution < 1.29 is 33.4 Å². The van der Waals surface area contributed by atoms with Gasteiger partial charge in [0.2, 0.25) is 5.78 Å². The molecular weight excluding hydrogens is 428 g/mol. The molecule has 1 aliphatic rings. The van der Waals surface area contributed by atoms with Gasteiger partial charge in [0, 0.05) is 24.5 Å². The molecule has 0 aliphatic heterocycles. The van der Waals surface area contributed by atoms with Crippen molar-refractivity contribution in [1.82, 2.24) is 0 Å². The molecule has 33 heavy (non-hydrogen) atoms. The van der Waals surface area contributed by atoms with Gasteiger partial charge in [-0.25, -0.2) is 4.79 Å². The average molecular weight is 444 g/mol. The van der Waals surface area contributed by atoms with Crippen molar-refractivity contribution in [3.8, 4) is 11.5 Å². The van der Waals surface area contributed by atoms with Crippen LogP contribution in [0, 0.1) is 0 Å². The first-order valence-electron chi connectivity index (χ1n) is 10.1. The minimum atomic E-state index is -0.938. The third kappa shape index (κ3) is 3.15. The maximum Gasteiger partial charge on any atom is 0.348 e. The van der Waals surface area contributed by atoms with Crippen LogP contribution >= 0.6 is 0 Å². The highest BCUT2D eigenvalue weighted by atomic mass is 16.4. The van der Waals surface area contributed by atoms with Crippen molar-refractivity contribution in [3.63, 3.8) is 0 Å². The van der Waals surface area contributed by atoms with E-state index >= 15 is 0 Å². The van der Waals surface area contributed by atoms with Crippen LogP contribution in [0.15, 0.2) is 56.1 Å². The summed E-state index contributed by atoms with van der Waals surface area (Å²) in [6, 6.07) is 10.8. The van der Waals surface area contributed by atoms with E-state index in [0.29, 0.717) is 11.3 Å². The number of ketones is 3. The van der Waals surface area contributed by atoms with Crippen LogP contribution < -0.4 is 5.63 Å². The van der Waals surface area contributed by atoms with Gasteiger partial charge in [0.25, 0.3) is 0 Å². The van der Waals surface area contributed by atoms with E-state index in [1.165, 1.54) is 25.1 Å². The van der Waals surface area contributed by atoms with Crippen LogP contribution in [0.5, 0.6) is 11.5 Å². The van der Waals surface area contributed by atoms with Crippen LogP contribution in [-0.2, 0) is 12.8 Å². The van der Waals surface area contributed by atoms with E-state index in [0.717, 1.165) is 0 Å². The molecule has 2 aromatic heterocycles. The van der Waals surface area contributed by atoms with Crippen molar-refractivity contribution >= 4 is 28.1 Å². The number of rotatable bonds is 4. The monoisotopic (exact) mass is 444 g/mol. The van der Waals surface area contributed by atoms with Crippen molar-refractivity contribution in [2.24, 2.45) is 0 Å². The molecule has 2 aromatic carbocycles. The summed E-state index contributed by atoms with van der Waals surface area (Å²) in [5.41, 5.74) is 0.137. The van der Waals surface area contributed by atoms with Crippen LogP contribution in [0.3, 0.4) is 0 Å². The number of fused-ring (bicyclic) bond motifs is 3. The summed E-state index contributed by atoms with van der Waals surface area (Å²) in [5, 5.41) is 20.8. The lowest BCUT2D eigenvalue weighted by Crippen LogP contribution is -2.18. The Morgan fingerprint density at radius 2 is 1.55 bits per heavy atom. The largest absolute Gasteiger partial charge is 0.504 e. The van der Waals surface area contributed by atoms with Crippen molar-refractivity contribution in [3.05, 3.63) is 92.4 Å². The van der Waals surface area contributed by atoms with Gasteiger partial charge in [0.1, 0.15) is 11.1 Å². The average Bonchev–Trinajstić information content (AvgIpc) is 3.23. The summed E-state index contributed by atoms with van der Waals surface area (Å²) in [4.78, 5) is 49.2. The standard InChI is InChI=1S/C25H16O8/c1-11(26)18-9-13-8-12(20(27)23(30)19(13)25(31)33-18)6-7-14-10-17-21(28)15-4-2-3-5-16(15)22(29)24(17)32-14/h2-5,8-10,27,30H,6-7H2,1H3. The van der Waals surface area contributed by atoms with Gasteiger partial charge < -0.3 is 19.0 Å². The van der Waals surface area contributed by atoms with E-state index in [1.807, 2.05) is 0 Å². The Morgan fingerprint density at radius 1 is 0.848 bits per heavy atom. The lowest BCUT2D eigenvalue weighted by molar-refractivity contribution is 0.0959. The Balaban J connectivity index is 1.49. The van der Waals surface area contributed by atoms with E-state index in [-0.39, 0.29) is 63.4 Å². The number of aromatic hydroxyl groups is 2. The Morgan fingerprint density at radius 3 is 2.24 bits per heavy atom. The quantitative estimate of drug-likeness (QED) is 0.317. The summed E-state index contributed by atoms with van der Waals surface area (Å²) in [7, 11) is 0. The first-order chi connectivity index (χ1) is 15.8. The number of benzene rings is 2. The van der Waals surface area contributed by atoms with E-state index in [4.69, 9.17) is 8.83 Å². The number of Topliss-reactive ketones (excluding diaryl/α,β-unsaturated/α-hetero) is 1. The summed E-state index contributed by atoms with van der Waals surface area (Å²) in [6.45, 7) is 1.24. The Bertz CT molecular complexity index is 1520. The van der Waals surface area contributed by atoms with Gasteiger partial charge >= 0.3 is 5.63 Å². The molecule has 1 aliphatic carbocycles. The minimum absolute atomic E-state index is 0.0250. The molecule has 0 fully saturated rings. The Hall–Kier alpha value is -4.46. The normalized spacial score (nSPS) is 12.6. The molecule has 5 rings (SSSR count). The maximum absolute atomic E-state index is 12.8. The summed E-state index contributed by atoms with van der Waals surface area (Å²) in [6.07, 6.45) is 0.357. The molecule has 0 atom stereocenters. The highest BCUT2D eigenvalue weighted by Gasteiger charge is 2.33. The predicted octanol–water partition coefficient (Wildman–Crippen LogP) is 3.56. The molecule has 0 saturated heterocycles. The second-order valence-electron chi connectivity index (χ2n) is 7.81. The Labute approximate surface area is 185 Å². The maximum atomic E-state index is 12.8.